The molecule has 122 valence electrons. The first kappa shape index (κ1) is 15.9. The molecule has 0 radical (unpaired) electrons. The first-order valence-corrected chi connectivity index (χ1v) is 7.84. The van der Waals surface area contributed by atoms with E-state index < -0.39 is 0 Å². The van der Waals surface area contributed by atoms with Crippen molar-refractivity contribution in [2.45, 2.75) is 19.9 Å². The fourth-order valence-corrected chi connectivity index (χ4v) is 2.28. The van der Waals surface area contributed by atoms with Crippen LogP contribution >= 0.6 is 0 Å². The maximum atomic E-state index is 13.1. The van der Waals surface area contributed by atoms with Crippen LogP contribution < -0.4 is 10.6 Å². The highest BCUT2D eigenvalue weighted by atomic mass is 19.1. The van der Waals surface area contributed by atoms with Crippen LogP contribution in [0.15, 0.2) is 60.7 Å². The molecule has 0 fully saturated rings. The molecule has 0 saturated carbocycles. The number of nitrogens with zero attached hydrogens (tertiary/aromatic N) is 2. The second kappa shape index (κ2) is 7.08. The minimum atomic E-state index is -0.268. The summed E-state index contributed by atoms with van der Waals surface area (Å²) in [5, 5.41) is 6.50. The monoisotopic (exact) mass is 322 g/mol. The Morgan fingerprint density at radius 1 is 0.875 bits per heavy atom. The van der Waals surface area contributed by atoms with E-state index in [1.165, 1.54) is 12.1 Å². The summed E-state index contributed by atoms with van der Waals surface area (Å²) in [6.45, 7) is 4.11. The van der Waals surface area contributed by atoms with Crippen molar-refractivity contribution in [2.75, 3.05) is 10.6 Å². The van der Waals surface area contributed by atoms with Gasteiger partial charge in [0.15, 0.2) is 5.82 Å². The summed E-state index contributed by atoms with van der Waals surface area (Å²) in [4.78, 5) is 9.15. The third-order valence-corrected chi connectivity index (χ3v) is 3.31. The molecule has 0 bridgehead atoms. The Hall–Kier alpha value is -2.95. The third kappa shape index (κ3) is 4.07. The fourth-order valence-electron chi connectivity index (χ4n) is 2.28. The number of halogens is 1. The molecule has 0 amide bonds. The number of anilines is 3. The summed E-state index contributed by atoms with van der Waals surface area (Å²) in [5.41, 5.74) is 1.71. The average molecular weight is 322 g/mol. The van der Waals surface area contributed by atoms with Crippen LogP contribution in [0.3, 0.4) is 0 Å². The van der Waals surface area contributed by atoms with Crippen molar-refractivity contribution in [3.05, 3.63) is 66.5 Å². The summed E-state index contributed by atoms with van der Waals surface area (Å²) in [6, 6.07) is 18.1. The maximum absolute atomic E-state index is 13.1. The van der Waals surface area contributed by atoms with Crippen LogP contribution in [-0.4, -0.2) is 16.0 Å². The third-order valence-electron chi connectivity index (χ3n) is 3.31. The van der Waals surface area contributed by atoms with Gasteiger partial charge in [0, 0.05) is 23.4 Å². The van der Waals surface area contributed by atoms with E-state index in [2.05, 4.69) is 34.4 Å². The van der Waals surface area contributed by atoms with E-state index in [4.69, 9.17) is 0 Å². The predicted octanol–water partition coefficient (Wildman–Crippen LogP) is 4.85. The summed E-state index contributed by atoms with van der Waals surface area (Å²) < 4.78 is 13.1. The molecular formula is C19H19FN4. The number of rotatable bonds is 5. The molecule has 2 aromatic carbocycles. The van der Waals surface area contributed by atoms with Crippen LogP contribution in [0.5, 0.6) is 0 Å². The summed E-state index contributed by atoms with van der Waals surface area (Å²) in [6.07, 6.45) is 0. The zero-order valence-corrected chi connectivity index (χ0v) is 13.6. The normalized spacial score (nSPS) is 10.7. The Labute approximate surface area is 140 Å². The lowest BCUT2D eigenvalue weighted by molar-refractivity contribution is 0.628. The van der Waals surface area contributed by atoms with Crippen LogP contribution in [0.2, 0.25) is 0 Å². The van der Waals surface area contributed by atoms with Gasteiger partial charge < -0.3 is 10.6 Å². The highest BCUT2D eigenvalue weighted by Gasteiger charge is 2.08. The van der Waals surface area contributed by atoms with Gasteiger partial charge in [-0.3, -0.25) is 0 Å². The SMILES string of the molecule is CC(C)Nc1cc(Nc2ccc(F)cc2)nc(-c2ccccc2)n1. The summed E-state index contributed by atoms with van der Waals surface area (Å²) in [5.74, 6) is 1.75. The molecule has 0 aliphatic carbocycles. The van der Waals surface area contributed by atoms with E-state index in [-0.39, 0.29) is 11.9 Å². The Morgan fingerprint density at radius 2 is 1.54 bits per heavy atom. The van der Waals surface area contributed by atoms with Crippen LogP contribution in [0, 0.1) is 5.82 Å². The number of hydrogen-bond acceptors (Lipinski definition) is 4. The lowest BCUT2D eigenvalue weighted by atomic mass is 10.2. The highest BCUT2D eigenvalue weighted by molar-refractivity contribution is 5.65. The van der Waals surface area contributed by atoms with E-state index in [0.29, 0.717) is 11.6 Å². The molecule has 4 nitrogen and oxygen atoms in total. The van der Waals surface area contributed by atoms with E-state index in [1.807, 2.05) is 36.4 Å². The molecule has 0 aliphatic rings. The molecular weight excluding hydrogens is 303 g/mol. The molecule has 0 unspecified atom stereocenters. The summed E-state index contributed by atoms with van der Waals surface area (Å²) >= 11 is 0. The smallest absolute Gasteiger partial charge is 0.163 e. The maximum Gasteiger partial charge on any atom is 0.163 e. The lowest BCUT2D eigenvalue weighted by Crippen LogP contribution is -2.12. The van der Waals surface area contributed by atoms with Gasteiger partial charge in [-0.15, -0.1) is 0 Å². The number of benzene rings is 2. The summed E-state index contributed by atoms with van der Waals surface area (Å²) in [7, 11) is 0. The molecule has 3 rings (SSSR count). The van der Waals surface area contributed by atoms with Gasteiger partial charge in [0.25, 0.3) is 0 Å². The molecule has 24 heavy (non-hydrogen) atoms. The predicted molar refractivity (Wildman–Crippen MR) is 95.9 cm³/mol. The van der Waals surface area contributed by atoms with Gasteiger partial charge in [-0.25, -0.2) is 14.4 Å². The largest absolute Gasteiger partial charge is 0.368 e. The van der Waals surface area contributed by atoms with Gasteiger partial charge in [-0.05, 0) is 38.1 Å². The van der Waals surface area contributed by atoms with Gasteiger partial charge >= 0.3 is 0 Å². The molecule has 0 spiro atoms. The minimum absolute atomic E-state index is 0.252. The average Bonchev–Trinajstić information content (AvgIpc) is 2.57. The molecule has 0 atom stereocenters. The molecule has 2 N–H and O–H groups in total. The van der Waals surface area contributed by atoms with Crippen LogP contribution in [0.25, 0.3) is 11.4 Å². The first-order chi connectivity index (χ1) is 11.6. The topological polar surface area (TPSA) is 49.8 Å². The van der Waals surface area contributed by atoms with Gasteiger partial charge in [-0.1, -0.05) is 30.3 Å². The standard InChI is InChI=1S/C19H19FN4/c1-13(2)21-17-12-18(22-16-10-8-15(20)9-11-16)24-19(23-17)14-6-4-3-5-7-14/h3-13H,1-2H3,(H2,21,22,23,24). The highest BCUT2D eigenvalue weighted by Crippen LogP contribution is 2.23. The Balaban J connectivity index is 1.96. The lowest BCUT2D eigenvalue weighted by Gasteiger charge is -2.13. The molecule has 3 aromatic rings. The van der Waals surface area contributed by atoms with Crippen molar-refractivity contribution in [3.63, 3.8) is 0 Å². The van der Waals surface area contributed by atoms with Crippen molar-refractivity contribution < 1.29 is 4.39 Å². The Bertz CT molecular complexity index is 801. The number of nitrogens with one attached hydrogen (secondary N) is 2. The van der Waals surface area contributed by atoms with E-state index in [9.17, 15) is 4.39 Å². The molecule has 5 heteroatoms. The Kier molecular flexibility index (Phi) is 4.70. The van der Waals surface area contributed by atoms with Gasteiger partial charge in [-0.2, -0.15) is 0 Å². The molecule has 0 saturated heterocycles. The molecule has 1 heterocycles. The number of hydrogen-bond donors (Lipinski definition) is 2. The molecule has 0 aliphatic heterocycles. The van der Waals surface area contributed by atoms with Crippen molar-refractivity contribution in [1.82, 2.24) is 9.97 Å². The quantitative estimate of drug-likeness (QED) is 0.705. The first-order valence-electron chi connectivity index (χ1n) is 7.84. The Morgan fingerprint density at radius 3 is 2.21 bits per heavy atom. The van der Waals surface area contributed by atoms with E-state index in [0.717, 1.165) is 17.1 Å². The molecule has 1 aromatic heterocycles. The van der Waals surface area contributed by atoms with Gasteiger partial charge in [0.2, 0.25) is 0 Å². The van der Waals surface area contributed by atoms with Crippen molar-refractivity contribution in [1.29, 1.82) is 0 Å². The van der Waals surface area contributed by atoms with Crippen LogP contribution in [0.4, 0.5) is 21.7 Å². The number of aromatic nitrogens is 2. The second-order valence-corrected chi connectivity index (χ2v) is 5.76. The van der Waals surface area contributed by atoms with Crippen LogP contribution in [-0.2, 0) is 0 Å². The van der Waals surface area contributed by atoms with Crippen LogP contribution in [0.1, 0.15) is 13.8 Å². The second-order valence-electron chi connectivity index (χ2n) is 5.76. The van der Waals surface area contributed by atoms with Crippen molar-refractivity contribution in [3.8, 4) is 11.4 Å². The van der Waals surface area contributed by atoms with Gasteiger partial charge in [0.1, 0.15) is 17.5 Å². The van der Waals surface area contributed by atoms with E-state index in [1.54, 1.807) is 12.1 Å². The van der Waals surface area contributed by atoms with Gasteiger partial charge in [0.05, 0.1) is 0 Å². The van der Waals surface area contributed by atoms with Crippen molar-refractivity contribution >= 4 is 17.3 Å². The minimum Gasteiger partial charge on any atom is -0.368 e. The fraction of sp³-hybridized carbons (Fsp3) is 0.158. The zero-order chi connectivity index (χ0) is 16.9. The van der Waals surface area contributed by atoms with E-state index >= 15 is 0 Å². The van der Waals surface area contributed by atoms with Crippen molar-refractivity contribution in [2.24, 2.45) is 0 Å². The zero-order valence-electron chi connectivity index (χ0n) is 13.6.